The number of hydrogen-bond donors (Lipinski definition) is 1. The summed E-state index contributed by atoms with van der Waals surface area (Å²) in [4.78, 5) is 32.1. The van der Waals surface area contributed by atoms with Crippen LogP contribution in [0.4, 0.5) is 4.79 Å². The standard InChI is InChI=1S/C36H39ClN4O6S/c1-20-17-26-32(29(21-7-10-24(37)11-8-21)28(20)31(34(42)43)47-36(2,3)4)48-33(38-26)22-9-12-27-25(18-22)30(39-40(27)5)23-13-14-41(19-23)35(44)46-16-15-45-6/h7-12,17-18,23,31H,13-16,19H2,1-6H3,(H,42,43)/t23?,31-/m0/s1. The van der Waals surface area contributed by atoms with Crippen molar-refractivity contribution in [2.75, 3.05) is 33.4 Å². The molecule has 1 amide bonds. The van der Waals surface area contributed by atoms with E-state index >= 15 is 0 Å². The van der Waals surface area contributed by atoms with Gasteiger partial charge in [-0.05, 0) is 81.6 Å². The molecule has 0 aliphatic carbocycles. The number of carboxylic acids is 1. The Labute approximate surface area is 288 Å². The lowest BCUT2D eigenvalue weighted by Crippen LogP contribution is -2.30. The van der Waals surface area contributed by atoms with Crippen molar-refractivity contribution in [1.82, 2.24) is 19.7 Å². The number of carbonyl (C=O) groups is 2. The molecule has 48 heavy (non-hydrogen) atoms. The molecule has 1 unspecified atom stereocenters. The molecule has 3 heterocycles. The van der Waals surface area contributed by atoms with E-state index in [1.165, 1.54) is 11.3 Å². The molecule has 2 aromatic heterocycles. The summed E-state index contributed by atoms with van der Waals surface area (Å²) in [7, 11) is 3.50. The Hall–Kier alpha value is -4.03. The Bertz CT molecular complexity index is 2000. The fourth-order valence-corrected chi connectivity index (χ4v) is 7.59. The fraction of sp³-hybridized carbons (Fsp3) is 0.389. The molecule has 10 nitrogen and oxygen atoms in total. The molecule has 1 saturated heterocycles. The van der Waals surface area contributed by atoms with Crippen LogP contribution in [0, 0.1) is 6.92 Å². The minimum atomic E-state index is -1.19. The van der Waals surface area contributed by atoms with Gasteiger partial charge >= 0.3 is 12.1 Å². The van der Waals surface area contributed by atoms with E-state index in [2.05, 4.69) is 6.07 Å². The van der Waals surface area contributed by atoms with Crippen LogP contribution in [0.3, 0.4) is 0 Å². The van der Waals surface area contributed by atoms with E-state index in [-0.39, 0.29) is 18.6 Å². The predicted octanol–water partition coefficient (Wildman–Crippen LogP) is 7.99. The maximum atomic E-state index is 12.7. The zero-order valence-corrected chi connectivity index (χ0v) is 29.4. The highest BCUT2D eigenvalue weighted by atomic mass is 35.5. The van der Waals surface area contributed by atoms with Crippen LogP contribution in [0.2, 0.25) is 5.02 Å². The molecular weight excluding hydrogens is 652 g/mol. The Morgan fingerprint density at radius 1 is 1.10 bits per heavy atom. The van der Waals surface area contributed by atoms with Gasteiger partial charge in [-0.15, -0.1) is 11.3 Å². The highest BCUT2D eigenvalue weighted by Gasteiger charge is 2.33. The molecule has 252 valence electrons. The van der Waals surface area contributed by atoms with Crippen LogP contribution in [0.1, 0.15) is 56.0 Å². The van der Waals surface area contributed by atoms with Crippen molar-refractivity contribution in [1.29, 1.82) is 0 Å². The number of ether oxygens (including phenoxy) is 3. The summed E-state index contributed by atoms with van der Waals surface area (Å²) in [5, 5.41) is 17.7. The number of thiazole rings is 1. The molecule has 1 aliphatic heterocycles. The number of carbonyl (C=O) groups excluding carboxylic acids is 1. The van der Waals surface area contributed by atoms with Crippen molar-refractivity contribution in [2.45, 2.75) is 51.7 Å². The van der Waals surface area contributed by atoms with Crippen molar-refractivity contribution in [2.24, 2.45) is 7.05 Å². The van der Waals surface area contributed by atoms with Gasteiger partial charge in [-0.1, -0.05) is 23.7 Å². The number of halogens is 1. The van der Waals surface area contributed by atoms with Crippen molar-refractivity contribution < 1.29 is 28.9 Å². The van der Waals surface area contributed by atoms with Gasteiger partial charge < -0.3 is 24.2 Å². The Morgan fingerprint density at radius 3 is 2.52 bits per heavy atom. The average Bonchev–Trinajstić information content (AvgIpc) is 3.77. The van der Waals surface area contributed by atoms with Crippen LogP contribution in [-0.4, -0.2) is 75.8 Å². The van der Waals surface area contributed by atoms with E-state index in [0.717, 1.165) is 60.5 Å². The normalized spacial score (nSPS) is 15.8. The first kappa shape index (κ1) is 33.9. The molecule has 6 rings (SSSR count). The van der Waals surface area contributed by atoms with E-state index < -0.39 is 17.7 Å². The van der Waals surface area contributed by atoms with Crippen LogP contribution in [0.15, 0.2) is 48.5 Å². The summed E-state index contributed by atoms with van der Waals surface area (Å²) >= 11 is 7.78. The summed E-state index contributed by atoms with van der Waals surface area (Å²) in [6.07, 6.45) is -0.748. The number of benzene rings is 3. The second kappa shape index (κ2) is 13.5. The summed E-state index contributed by atoms with van der Waals surface area (Å²) in [5.41, 5.74) is 5.90. The van der Waals surface area contributed by atoms with Gasteiger partial charge in [0.2, 0.25) is 0 Å². The first-order chi connectivity index (χ1) is 22.8. The monoisotopic (exact) mass is 690 g/mol. The van der Waals surface area contributed by atoms with Crippen molar-refractivity contribution >= 4 is 56.1 Å². The molecule has 12 heteroatoms. The summed E-state index contributed by atoms with van der Waals surface area (Å²) < 4.78 is 19.2. The van der Waals surface area contributed by atoms with E-state index in [4.69, 9.17) is 35.9 Å². The lowest BCUT2D eigenvalue weighted by molar-refractivity contribution is -0.160. The maximum absolute atomic E-state index is 12.7. The Kier molecular flexibility index (Phi) is 9.50. The van der Waals surface area contributed by atoms with Crippen LogP contribution in [0.25, 0.3) is 42.8 Å². The smallest absolute Gasteiger partial charge is 0.409 e. The Balaban J connectivity index is 1.43. The number of amides is 1. The predicted molar refractivity (Wildman–Crippen MR) is 188 cm³/mol. The van der Waals surface area contributed by atoms with Crippen LogP contribution >= 0.6 is 22.9 Å². The minimum Gasteiger partial charge on any atom is -0.479 e. The third-order valence-corrected chi connectivity index (χ3v) is 9.88. The summed E-state index contributed by atoms with van der Waals surface area (Å²) in [5.74, 6) is -0.998. The molecule has 1 fully saturated rings. The summed E-state index contributed by atoms with van der Waals surface area (Å²) in [6.45, 7) is 9.15. The van der Waals surface area contributed by atoms with Crippen LogP contribution in [0.5, 0.6) is 0 Å². The number of fused-ring (bicyclic) bond motifs is 2. The van der Waals surface area contributed by atoms with Crippen LogP contribution in [-0.2, 0) is 26.1 Å². The molecule has 2 atom stereocenters. The van der Waals surface area contributed by atoms with Gasteiger partial charge in [0.15, 0.2) is 6.10 Å². The molecule has 1 N–H and O–H groups in total. The SMILES string of the molecule is COCCOC(=O)N1CCC(c2nn(C)c3ccc(-c4nc5cc(C)c([C@H](OC(C)(C)C)C(=O)O)c(-c6ccc(Cl)cc6)c5s4)cc23)C1. The van der Waals surface area contributed by atoms with Crippen molar-refractivity contribution in [3.05, 3.63) is 70.4 Å². The first-order valence-electron chi connectivity index (χ1n) is 15.8. The van der Waals surface area contributed by atoms with Gasteiger partial charge in [0.05, 0.1) is 33.6 Å². The lowest BCUT2D eigenvalue weighted by Gasteiger charge is -2.28. The molecule has 0 radical (unpaired) electrons. The van der Waals surface area contributed by atoms with Crippen molar-refractivity contribution in [3.63, 3.8) is 0 Å². The number of likely N-dealkylation sites (tertiary alicyclic amines) is 1. The molecule has 0 spiro atoms. The highest BCUT2D eigenvalue weighted by molar-refractivity contribution is 7.22. The number of nitrogens with zero attached hydrogens (tertiary/aromatic N) is 4. The molecule has 0 saturated carbocycles. The first-order valence-corrected chi connectivity index (χ1v) is 17.0. The second-order valence-electron chi connectivity index (χ2n) is 13.1. The zero-order valence-electron chi connectivity index (χ0n) is 27.9. The topological polar surface area (TPSA) is 116 Å². The number of carboxylic acid groups (broad SMARTS) is 1. The van der Waals surface area contributed by atoms with Gasteiger partial charge in [-0.25, -0.2) is 14.6 Å². The molecule has 3 aromatic carbocycles. The van der Waals surface area contributed by atoms with Gasteiger partial charge in [0, 0.05) is 60.3 Å². The third kappa shape index (κ3) is 6.78. The van der Waals surface area contributed by atoms with E-state index in [9.17, 15) is 14.7 Å². The zero-order chi connectivity index (χ0) is 34.3. The second-order valence-corrected chi connectivity index (χ2v) is 14.5. The number of rotatable bonds is 9. The maximum Gasteiger partial charge on any atom is 0.409 e. The van der Waals surface area contributed by atoms with Crippen molar-refractivity contribution in [3.8, 4) is 21.7 Å². The van der Waals surface area contributed by atoms with Crippen LogP contribution < -0.4 is 0 Å². The van der Waals surface area contributed by atoms with E-state index in [1.807, 2.05) is 69.8 Å². The van der Waals surface area contributed by atoms with E-state index in [0.29, 0.717) is 30.3 Å². The largest absolute Gasteiger partial charge is 0.479 e. The van der Waals surface area contributed by atoms with E-state index in [1.54, 1.807) is 24.1 Å². The van der Waals surface area contributed by atoms with Gasteiger partial charge in [-0.2, -0.15) is 5.10 Å². The number of aromatic nitrogens is 3. The molecule has 5 aromatic rings. The summed E-state index contributed by atoms with van der Waals surface area (Å²) in [6, 6.07) is 15.6. The minimum absolute atomic E-state index is 0.0618. The third-order valence-electron chi connectivity index (χ3n) is 8.49. The Morgan fingerprint density at radius 2 is 1.83 bits per heavy atom. The van der Waals surface area contributed by atoms with Gasteiger partial charge in [-0.3, -0.25) is 4.68 Å². The molecule has 0 bridgehead atoms. The number of methoxy groups -OCH3 is 1. The lowest BCUT2D eigenvalue weighted by atomic mass is 9.91. The highest BCUT2D eigenvalue weighted by Crippen LogP contribution is 2.45. The van der Waals surface area contributed by atoms with Gasteiger partial charge in [0.25, 0.3) is 0 Å². The molecular formula is C36H39ClN4O6S. The fourth-order valence-electron chi connectivity index (χ4n) is 6.34. The molecule has 1 aliphatic rings. The quantitative estimate of drug-likeness (QED) is 0.155. The average molecular weight is 691 g/mol. The number of hydrogen-bond acceptors (Lipinski definition) is 8. The van der Waals surface area contributed by atoms with Gasteiger partial charge in [0.1, 0.15) is 11.6 Å². The number of aliphatic carboxylic acids is 1. The number of aryl methyl sites for hydroxylation is 2.